The van der Waals surface area contributed by atoms with Crippen LogP contribution in [0.25, 0.3) is 0 Å². The molecular weight excluding hydrogens is 300 g/mol. The predicted octanol–water partition coefficient (Wildman–Crippen LogP) is 3.51. The Hall–Kier alpha value is -2.14. The fourth-order valence-electron chi connectivity index (χ4n) is 3.45. The largest absolute Gasteiger partial charge is 0.348 e. The van der Waals surface area contributed by atoms with Crippen LogP contribution in [0.5, 0.6) is 0 Å². The van der Waals surface area contributed by atoms with Crippen LogP contribution in [0.15, 0.2) is 30.6 Å². The molecule has 0 radical (unpaired) electrons. The second-order valence-electron chi connectivity index (χ2n) is 6.47. The molecule has 0 bridgehead atoms. The van der Waals surface area contributed by atoms with Gasteiger partial charge in [0.1, 0.15) is 0 Å². The summed E-state index contributed by atoms with van der Waals surface area (Å²) >= 11 is 0. The van der Waals surface area contributed by atoms with Crippen molar-refractivity contribution in [2.75, 3.05) is 18.4 Å². The number of benzene rings is 1. The second-order valence-corrected chi connectivity index (χ2v) is 6.47. The summed E-state index contributed by atoms with van der Waals surface area (Å²) in [5.41, 5.74) is 4.46. The molecule has 1 unspecified atom stereocenters. The number of anilines is 1. The summed E-state index contributed by atoms with van der Waals surface area (Å²) in [5.74, 6) is -0.0452. The van der Waals surface area contributed by atoms with Crippen molar-refractivity contribution < 1.29 is 4.79 Å². The number of nitrogens with one attached hydrogen (secondary N) is 2. The molecule has 1 aromatic carbocycles. The van der Waals surface area contributed by atoms with Crippen molar-refractivity contribution in [3.05, 3.63) is 47.5 Å². The van der Waals surface area contributed by atoms with Gasteiger partial charge in [-0.05, 0) is 30.7 Å². The maximum Gasteiger partial charge on any atom is 0.221 e. The van der Waals surface area contributed by atoms with Gasteiger partial charge < -0.3 is 10.3 Å². The van der Waals surface area contributed by atoms with E-state index in [2.05, 4.69) is 39.2 Å². The first kappa shape index (κ1) is 16.7. The number of hydrogen-bond donors (Lipinski definition) is 2. The first-order chi connectivity index (χ1) is 11.7. The highest BCUT2D eigenvalue weighted by Gasteiger charge is 2.30. The third kappa shape index (κ3) is 3.67. The number of nitrogens with zero attached hydrogens (tertiary/aromatic N) is 2. The molecule has 0 fully saturated rings. The normalized spacial score (nSPS) is 17.5. The number of carbonyl (C=O) groups excluding carboxylic acids is 1. The molecule has 0 aliphatic carbocycles. The summed E-state index contributed by atoms with van der Waals surface area (Å²) in [6.07, 6.45) is 6.55. The first-order valence-electron chi connectivity index (χ1n) is 8.82. The Morgan fingerprint density at radius 1 is 1.33 bits per heavy atom. The van der Waals surface area contributed by atoms with Gasteiger partial charge in [0.2, 0.25) is 5.91 Å². The number of unbranched alkanes of at least 4 members (excludes halogenated alkanes) is 2. The van der Waals surface area contributed by atoms with E-state index < -0.39 is 0 Å². The molecule has 2 heterocycles. The van der Waals surface area contributed by atoms with Crippen molar-refractivity contribution in [2.24, 2.45) is 0 Å². The molecule has 5 heteroatoms. The maximum absolute atomic E-state index is 11.2. The van der Waals surface area contributed by atoms with Gasteiger partial charge in [0.05, 0.1) is 18.1 Å². The standard InChI is InChI=1S/C19H26N4O/c1-3-4-5-11-23-12-10-17-18(21-13-20-17)19(23)15-6-8-16(9-7-15)22-14(2)24/h6-9,13,19H,3-5,10-12H2,1-2H3,(H,20,21)(H,22,24). The molecule has 1 amide bonds. The van der Waals surface area contributed by atoms with E-state index >= 15 is 0 Å². The fourth-order valence-corrected chi connectivity index (χ4v) is 3.45. The lowest BCUT2D eigenvalue weighted by Crippen LogP contribution is -2.37. The summed E-state index contributed by atoms with van der Waals surface area (Å²) in [6, 6.07) is 8.35. The summed E-state index contributed by atoms with van der Waals surface area (Å²) in [6.45, 7) is 5.91. The highest BCUT2D eigenvalue weighted by atomic mass is 16.1. The van der Waals surface area contributed by atoms with Crippen molar-refractivity contribution in [2.45, 2.75) is 45.6 Å². The van der Waals surface area contributed by atoms with E-state index in [1.54, 1.807) is 6.33 Å². The minimum atomic E-state index is -0.0452. The maximum atomic E-state index is 11.2. The zero-order chi connectivity index (χ0) is 16.9. The highest BCUT2D eigenvalue weighted by Crippen LogP contribution is 2.34. The van der Waals surface area contributed by atoms with Crippen LogP contribution in [0.1, 0.15) is 56.1 Å². The van der Waals surface area contributed by atoms with Crippen LogP contribution in [0.2, 0.25) is 0 Å². The van der Waals surface area contributed by atoms with Gasteiger partial charge in [0.15, 0.2) is 0 Å². The van der Waals surface area contributed by atoms with Gasteiger partial charge in [-0.1, -0.05) is 31.9 Å². The van der Waals surface area contributed by atoms with Crippen molar-refractivity contribution in [3.8, 4) is 0 Å². The van der Waals surface area contributed by atoms with Crippen LogP contribution >= 0.6 is 0 Å². The van der Waals surface area contributed by atoms with E-state index in [0.717, 1.165) is 30.9 Å². The Morgan fingerprint density at radius 2 is 2.12 bits per heavy atom. The van der Waals surface area contributed by atoms with E-state index in [9.17, 15) is 4.79 Å². The van der Waals surface area contributed by atoms with E-state index in [4.69, 9.17) is 0 Å². The molecular formula is C19H26N4O. The number of amides is 1. The summed E-state index contributed by atoms with van der Waals surface area (Å²) in [5, 5.41) is 2.83. The minimum Gasteiger partial charge on any atom is -0.348 e. The number of rotatable bonds is 6. The average Bonchev–Trinajstić information content (AvgIpc) is 3.04. The van der Waals surface area contributed by atoms with Crippen molar-refractivity contribution in [3.63, 3.8) is 0 Å². The molecule has 1 aromatic heterocycles. The summed E-state index contributed by atoms with van der Waals surface area (Å²) in [7, 11) is 0. The summed E-state index contributed by atoms with van der Waals surface area (Å²) in [4.78, 5) is 21.6. The zero-order valence-corrected chi connectivity index (χ0v) is 14.5. The Kier molecular flexibility index (Phi) is 5.30. The molecule has 2 N–H and O–H groups in total. The van der Waals surface area contributed by atoms with Crippen LogP contribution in [0, 0.1) is 0 Å². The number of fused-ring (bicyclic) bond motifs is 1. The van der Waals surface area contributed by atoms with Gasteiger partial charge in [-0.2, -0.15) is 0 Å². The SMILES string of the molecule is CCCCCN1CCc2[nH]cnc2C1c1ccc(NC(C)=O)cc1. The molecule has 2 aromatic rings. The Balaban J connectivity index is 1.84. The lowest BCUT2D eigenvalue weighted by Gasteiger charge is -2.35. The molecule has 128 valence electrons. The molecule has 24 heavy (non-hydrogen) atoms. The van der Waals surface area contributed by atoms with Crippen molar-refractivity contribution in [1.29, 1.82) is 0 Å². The van der Waals surface area contributed by atoms with Gasteiger partial charge in [-0.3, -0.25) is 9.69 Å². The average molecular weight is 326 g/mol. The molecule has 5 nitrogen and oxygen atoms in total. The predicted molar refractivity (Wildman–Crippen MR) is 96.0 cm³/mol. The van der Waals surface area contributed by atoms with E-state index in [1.807, 2.05) is 12.1 Å². The van der Waals surface area contributed by atoms with Crippen LogP contribution < -0.4 is 5.32 Å². The van der Waals surface area contributed by atoms with Crippen LogP contribution in [0.3, 0.4) is 0 Å². The number of H-pyrrole nitrogens is 1. The summed E-state index contributed by atoms with van der Waals surface area (Å²) < 4.78 is 0. The Labute approximate surface area is 143 Å². The number of imidazole rings is 1. The second kappa shape index (κ2) is 7.62. The third-order valence-electron chi connectivity index (χ3n) is 4.62. The molecule has 3 rings (SSSR count). The number of carbonyl (C=O) groups is 1. The number of aromatic nitrogens is 2. The molecule has 0 saturated heterocycles. The number of aromatic amines is 1. The van der Waals surface area contributed by atoms with Gasteiger partial charge in [0, 0.05) is 31.3 Å². The number of hydrogen-bond acceptors (Lipinski definition) is 3. The molecule has 1 aliphatic heterocycles. The lowest BCUT2D eigenvalue weighted by atomic mass is 9.95. The van der Waals surface area contributed by atoms with E-state index in [1.165, 1.54) is 37.4 Å². The topological polar surface area (TPSA) is 61.0 Å². The zero-order valence-electron chi connectivity index (χ0n) is 14.5. The van der Waals surface area contributed by atoms with Gasteiger partial charge in [-0.25, -0.2) is 4.98 Å². The molecule has 0 spiro atoms. The van der Waals surface area contributed by atoms with E-state index in [0.29, 0.717) is 0 Å². The van der Waals surface area contributed by atoms with Crippen LogP contribution in [0.4, 0.5) is 5.69 Å². The lowest BCUT2D eigenvalue weighted by molar-refractivity contribution is -0.114. The Bertz CT molecular complexity index is 677. The quantitative estimate of drug-likeness (QED) is 0.799. The van der Waals surface area contributed by atoms with Crippen LogP contribution in [-0.2, 0) is 11.2 Å². The minimum absolute atomic E-state index is 0.0452. The first-order valence-corrected chi connectivity index (χ1v) is 8.82. The van der Waals surface area contributed by atoms with Gasteiger partial charge in [0.25, 0.3) is 0 Å². The van der Waals surface area contributed by atoms with Gasteiger partial charge in [-0.15, -0.1) is 0 Å². The molecule has 1 atom stereocenters. The van der Waals surface area contributed by atoms with Crippen LogP contribution in [-0.4, -0.2) is 33.9 Å². The fraction of sp³-hybridized carbons (Fsp3) is 0.474. The van der Waals surface area contributed by atoms with Gasteiger partial charge >= 0.3 is 0 Å². The third-order valence-corrected chi connectivity index (χ3v) is 4.62. The van der Waals surface area contributed by atoms with Crippen molar-refractivity contribution >= 4 is 11.6 Å². The van der Waals surface area contributed by atoms with Crippen molar-refractivity contribution in [1.82, 2.24) is 14.9 Å². The highest BCUT2D eigenvalue weighted by molar-refractivity contribution is 5.88. The smallest absolute Gasteiger partial charge is 0.221 e. The molecule has 1 aliphatic rings. The van der Waals surface area contributed by atoms with E-state index in [-0.39, 0.29) is 11.9 Å². The Morgan fingerprint density at radius 3 is 2.83 bits per heavy atom. The monoisotopic (exact) mass is 326 g/mol. The molecule has 0 saturated carbocycles.